The molecule has 3 aromatic carbocycles. The largest absolute Gasteiger partial charge is 0.454 e. The van der Waals surface area contributed by atoms with Crippen LogP contribution in [0.5, 0.6) is 11.5 Å². The highest BCUT2D eigenvalue weighted by Crippen LogP contribution is 2.33. The standard InChI is InChI=1S/C27H31N3O4S/c1-21-7-10-24(11-8-21)35(31,32)28-18-25(23-5-3-2-4-6-23)30-15-13-29(14-16-30)19-22-9-12-26-27(17-22)34-20-33-26/h2-12,17,25,28H,13-16,18-20H2,1H3/t25-/m1/s1. The number of nitrogens with zero attached hydrogens (tertiary/aromatic N) is 2. The maximum atomic E-state index is 12.9. The van der Waals surface area contributed by atoms with Gasteiger partial charge in [0.1, 0.15) is 0 Å². The lowest BCUT2D eigenvalue weighted by molar-refractivity contribution is 0.0927. The Hall–Kier alpha value is -2.91. The number of sulfonamides is 1. The van der Waals surface area contributed by atoms with Gasteiger partial charge in [0.15, 0.2) is 11.5 Å². The van der Waals surface area contributed by atoms with Crippen LogP contribution in [0.15, 0.2) is 77.7 Å². The Morgan fingerprint density at radius 1 is 0.886 bits per heavy atom. The molecule has 1 saturated heterocycles. The summed E-state index contributed by atoms with van der Waals surface area (Å²) < 4.78 is 39.7. The molecule has 2 heterocycles. The van der Waals surface area contributed by atoms with E-state index in [1.165, 1.54) is 5.56 Å². The summed E-state index contributed by atoms with van der Waals surface area (Å²) in [5, 5.41) is 0. The molecule has 35 heavy (non-hydrogen) atoms. The zero-order chi connectivity index (χ0) is 24.3. The van der Waals surface area contributed by atoms with E-state index in [0.717, 1.165) is 55.3 Å². The van der Waals surface area contributed by atoms with Crippen LogP contribution in [0.4, 0.5) is 0 Å². The van der Waals surface area contributed by atoms with Crippen LogP contribution >= 0.6 is 0 Å². The third-order valence-corrected chi connectivity index (χ3v) is 8.11. The molecule has 8 heteroatoms. The Bertz CT molecular complexity index is 1240. The van der Waals surface area contributed by atoms with Gasteiger partial charge in [-0.05, 0) is 42.3 Å². The van der Waals surface area contributed by atoms with Crippen LogP contribution in [0.1, 0.15) is 22.7 Å². The van der Waals surface area contributed by atoms with Crippen molar-refractivity contribution in [3.05, 3.63) is 89.5 Å². The summed E-state index contributed by atoms with van der Waals surface area (Å²) >= 11 is 0. The lowest BCUT2D eigenvalue weighted by atomic mass is 10.0. The van der Waals surface area contributed by atoms with E-state index < -0.39 is 10.0 Å². The minimum absolute atomic E-state index is 0.0379. The number of hydrogen-bond donors (Lipinski definition) is 1. The number of nitrogens with one attached hydrogen (secondary N) is 1. The van der Waals surface area contributed by atoms with Crippen LogP contribution in [0.3, 0.4) is 0 Å². The third-order valence-electron chi connectivity index (χ3n) is 6.67. The second kappa shape index (κ2) is 10.4. The average molecular weight is 494 g/mol. The van der Waals surface area contributed by atoms with Crippen LogP contribution in [0.25, 0.3) is 0 Å². The SMILES string of the molecule is Cc1ccc(S(=O)(=O)NC[C@H](c2ccccc2)N2CCN(Cc3ccc4c(c3)OCO4)CC2)cc1. The van der Waals surface area contributed by atoms with E-state index in [-0.39, 0.29) is 12.8 Å². The zero-order valence-corrected chi connectivity index (χ0v) is 20.7. The number of ether oxygens (including phenoxy) is 2. The molecule has 0 radical (unpaired) electrons. The smallest absolute Gasteiger partial charge is 0.240 e. The molecule has 1 atom stereocenters. The van der Waals surface area contributed by atoms with Gasteiger partial charge < -0.3 is 9.47 Å². The van der Waals surface area contributed by atoms with Crippen molar-refractivity contribution < 1.29 is 17.9 Å². The van der Waals surface area contributed by atoms with Crippen LogP contribution in [-0.4, -0.2) is 57.7 Å². The van der Waals surface area contributed by atoms with E-state index in [1.807, 2.05) is 43.3 Å². The van der Waals surface area contributed by atoms with Crippen molar-refractivity contribution in [2.75, 3.05) is 39.5 Å². The molecule has 2 aliphatic rings. The van der Waals surface area contributed by atoms with Crippen molar-refractivity contribution in [1.82, 2.24) is 14.5 Å². The lowest BCUT2D eigenvalue weighted by Gasteiger charge is -2.39. The molecule has 184 valence electrons. The van der Waals surface area contributed by atoms with E-state index >= 15 is 0 Å². The molecule has 2 aliphatic heterocycles. The van der Waals surface area contributed by atoms with E-state index in [4.69, 9.17) is 9.47 Å². The summed E-state index contributed by atoms with van der Waals surface area (Å²) in [4.78, 5) is 5.10. The molecule has 0 aromatic heterocycles. The Kier molecular flexibility index (Phi) is 7.06. The Morgan fingerprint density at radius 3 is 2.34 bits per heavy atom. The highest BCUT2D eigenvalue weighted by atomic mass is 32.2. The molecule has 7 nitrogen and oxygen atoms in total. The summed E-state index contributed by atoms with van der Waals surface area (Å²) in [7, 11) is -3.58. The van der Waals surface area contributed by atoms with E-state index in [1.54, 1.807) is 12.1 Å². The first-order chi connectivity index (χ1) is 17.0. The lowest BCUT2D eigenvalue weighted by Crippen LogP contribution is -2.49. The topological polar surface area (TPSA) is 71.1 Å². The van der Waals surface area contributed by atoms with Crippen molar-refractivity contribution >= 4 is 10.0 Å². The molecule has 0 amide bonds. The van der Waals surface area contributed by atoms with E-state index in [2.05, 4.69) is 38.8 Å². The number of fused-ring (bicyclic) bond motifs is 1. The molecule has 1 fully saturated rings. The summed E-state index contributed by atoms with van der Waals surface area (Å²) in [6.07, 6.45) is 0. The fourth-order valence-corrected chi connectivity index (χ4v) is 5.69. The van der Waals surface area contributed by atoms with Gasteiger partial charge in [-0.1, -0.05) is 54.1 Å². The number of piperazine rings is 1. The molecule has 0 aliphatic carbocycles. The molecular formula is C27H31N3O4S. The van der Waals surface area contributed by atoms with Gasteiger partial charge in [0.25, 0.3) is 0 Å². The molecule has 0 unspecified atom stereocenters. The van der Waals surface area contributed by atoms with Gasteiger partial charge in [0.05, 0.1) is 4.90 Å². The minimum Gasteiger partial charge on any atom is -0.454 e. The molecule has 0 saturated carbocycles. The molecule has 0 bridgehead atoms. The average Bonchev–Trinajstić information content (AvgIpc) is 3.34. The van der Waals surface area contributed by atoms with Crippen molar-refractivity contribution in [1.29, 1.82) is 0 Å². The summed E-state index contributed by atoms with van der Waals surface area (Å²) in [5.74, 6) is 1.61. The fraction of sp³-hybridized carbons (Fsp3) is 0.333. The van der Waals surface area contributed by atoms with Gasteiger partial charge in [-0.25, -0.2) is 13.1 Å². The minimum atomic E-state index is -3.58. The van der Waals surface area contributed by atoms with Crippen LogP contribution in [0.2, 0.25) is 0 Å². The van der Waals surface area contributed by atoms with E-state index in [0.29, 0.717) is 11.4 Å². The maximum absolute atomic E-state index is 12.9. The Labute approximate surface area is 207 Å². The second-order valence-electron chi connectivity index (χ2n) is 9.09. The molecule has 3 aromatic rings. The van der Waals surface area contributed by atoms with Crippen molar-refractivity contribution in [2.45, 2.75) is 24.4 Å². The van der Waals surface area contributed by atoms with E-state index in [9.17, 15) is 8.42 Å². The van der Waals surface area contributed by atoms with Gasteiger partial charge in [0.2, 0.25) is 16.8 Å². The number of aryl methyl sites for hydroxylation is 1. The van der Waals surface area contributed by atoms with Gasteiger partial charge >= 0.3 is 0 Å². The van der Waals surface area contributed by atoms with Gasteiger partial charge in [-0.2, -0.15) is 0 Å². The number of rotatable bonds is 8. The first-order valence-corrected chi connectivity index (χ1v) is 13.4. The predicted octanol–water partition coefficient (Wildman–Crippen LogP) is 3.56. The normalized spacial score (nSPS) is 17.4. The highest BCUT2D eigenvalue weighted by Gasteiger charge is 2.27. The van der Waals surface area contributed by atoms with Gasteiger partial charge in [0, 0.05) is 45.3 Å². The molecular weight excluding hydrogens is 462 g/mol. The number of hydrogen-bond acceptors (Lipinski definition) is 6. The second-order valence-corrected chi connectivity index (χ2v) is 10.9. The van der Waals surface area contributed by atoms with Crippen molar-refractivity contribution in [3.63, 3.8) is 0 Å². The molecule has 5 rings (SSSR count). The molecule has 0 spiro atoms. The summed E-state index contributed by atoms with van der Waals surface area (Å²) in [6.45, 7) is 6.92. The third kappa shape index (κ3) is 5.67. The van der Waals surface area contributed by atoms with Crippen LogP contribution in [-0.2, 0) is 16.6 Å². The monoisotopic (exact) mass is 493 g/mol. The highest BCUT2D eigenvalue weighted by molar-refractivity contribution is 7.89. The maximum Gasteiger partial charge on any atom is 0.240 e. The quantitative estimate of drug-likeness (QED) is 0.518. The van der Waals surface area contributed by atoms with Gasteiger partial charge in [-0.15, -0.1) is 0 Å². The summed E-state index contributed by atoms with van der Waals surface area (Å²) in [5.41, 5.74) is 3.35. The van der Waals surface area contributed by atoms with Crippen molar-refractivity contribution in [3.8, 4) is 11.5 Å². The van der Waals surface area contributed by atoms with Gasteiger partial charge in [-0.3, -0.25) is 9.80 Å². The number of benzene rings is 3. The van der Waals surface area contributed by atoms with Crippen molar-refractivity contribution in [2.24, 2.45) is 0 Å². The Balaban J connectivity index is 1.24. The van der Waals surface area contributed by atoms with Crippen LogP contribution < -0.4 is 14.2 Å². The predicted molar refractivity (Wildman–Crippen MR) is 135 cm³/mol. The first-order valence-electron chi connectivity index (χ1n) is 11.9. The first kappa shape index (κ1) is 23.8. The zero-order valence-electron chi connectivity index (χ0n) is 19.9. The van der Waals surface area contributed by atoms with Crippen LogP contribution in [0, 0.1) is 6.92 Å². The summed E-state index contributed by atoms with van der Waals surface area (Å²) in [6, 6.07) is 23.2. The Morgan fingerprint density at radius 2 is 1.60 bits per heavy atom. The fourth-order valence-electron chi connectivity index (χ4n) is 4.65. The molecule has 1 N–H and O–H groups in total.